The summed E-state index contributed by atoms with van der Waals surface area (Å²) < 4.78 is 15.7. The molecule has 0 heterocycles. The molecule has 1 aromatic rings. The molecule has 2 rings (SSSR count). The molecule has 0 amide bonds. The number of carbonyl (C=O) groups excluding carboxylic acids is 2. The minimum Gasteiger partial charge on any atom is -0.504 e. The van der Waals surface area contributed by atoms with Crippen LogP contribution in [0.2, 0.25) is 0 Å². The predicted molar refractivity (Wildman–Crippen MR) is 115 cm³/mol. The van der Waals surface area contributed by atoms with E-state index in [1.54, 1.807) is 25.1 Å². The second-order valence-corrected chi connectivity index (χ2v) is 6.38. The number of esters is 1. The highest BCUT2D eigenvalue weighted by molar-refractivity contribution is 5.90. The van der Waals surface area contributed by atoms with Gasteiger partial charge in [0, 0.05) is 5.92 Å². The standard InChI is InChI=1S/C20H26O6.C2H6.CH2O/c1-5-25-20(23)16(11-26-19(22)8-12(2)3)14-7-6-13-9-17(21)18(24-4)10-15(13)14;2*1-2/h8-11,14,19,21-22H,5-7H2,1-4H3;1-2H3;1H2/b16-11+;;. The number of carbonyl (C=O) groups is 2. The van der Waals surface area contributed by atoms with E-state index in [2.05, 4.69) is 0 Å². The predicted octanol–water partition coefficient (Wildman–Crippen LogP) is 4.02. The van der Waals surface area contributed by atoms with Crippen LogP contribution in [-0.2, 0) is 25.5 Å². The minimum absolute atomic E-state index is 0.0730. The van der Waals surface area contributed by atoms with E-state index in [1.807, 2.05) is 34.5 Å². The summed E-state index contributed by atoms with van der Waals surface area (Å²) in [5.74, 6) is -0.313. The maximum atomic E-state index is 12.4. The zero-order valence-electron chi connectivity index (χ0n) is 18.7. The van der Waals surface area contributed by atoms with E-state index in [-0.39, 0.29) is 18.3 Å². The highest BCUT2D eigenvalue weighted by Gasteiger charge is 2.32. The summed E-state index contributed by atoms with van der Waals surface area (Å²) in [7, 11) is 1.48. The van der Waals surface area contributed by atoms with Crippen LogP contribution in [0, 0.1) is 0 Å². The summed E-state index contributed by atoms with van der Waals surface area (Å²) in [6, 6.07) is 3.40. The van der Waals surface area contributed by atoms with Crippen molar-refractivity contribution in [2.45, 2.75) is 59.7 Å². The highest BCUT2D eigenvalue weighted by Crippen LogP contribution is 2.43. The van der Waals surface area contributed by atoms with Gasteiger partial charge in [-0.25, -0.2) is 4.79 Å². The zero-order valence-corrected chi connectivity index (χ0v) is 18.7. The normalized spacial score (nSPS) is 15.3. The highest BCUT2D eigenvalue weighted by atomic mass is 16.6. The van der Waals surface area contributed by atoms with Crippen LogP contribution in [0.1, 0.15) is 58.1 Å². The molecule has 0 fully saturated rings. The van der Waals surface area contributed by atoms with Crippen LogP contribution in [0.3, 0.4) is 0 Å². The third kappa shape index (κ3) is 7.55. The monoisotopic (exact) mass is 422 g/mol. The van der Waals surface area contributed by atoms with E-state index in [1.165, 1.54) is 13.4 Å². The van der Waals surface area contributed by atoms with Gasteiger partial charge in [-0.3, -0.25) is 0 Å². The number of fused-ring (bicyclic) bond motifs is 1. The number of hydrogen-bond acceptors (Lipinski definition) is 7. The van der Waals surface area contributed by atoms with Crippen molar-refractivity contribution < 1.29 is 34.0 Å². The van der Waals surface area contributed by atoms with E-state index in [0.29, 0.717) is 24.2 Å². The number of aromatic hydroxyl groups is 1. The van der Waals surface area contributed by atoms with E-state index >= 15 is 0 Å². The van der Waals surface area contributed by atoms with Crippen molar-refractivity contribution in [3.63, 3.8) is 0 Å². The lowest BCUT2D eigenvalue weighted by Gasteiger charge is -2.17. The van der Waals surface area contributed by atoms with Crippen molar-refractivity contribution in [3.8, 4) is 11.5 Å². The van der Waals surface area contributed by atoms with Crippen molar-refractivity contribution >= 4 is 12.8 Å². The topological polar surface area (TPSA) is 102 Å². The molecule has 2 N–H and O–H groups in total. The molecule has 1 aliphatic carbocycles. The van der Waals surface area contributed by atoms with Crippen LogP contribution < -0.4 is 4.74 Å². The quantitative estimate of drug-likeness (QED) is 0.225. The number of hydrogen-bond donors (Lipinski definition) is 2. The molecule has 0 saturated carbocycles. The molecule has 168 valence electrons. The first-order valence-corrected chi connectivity index (χ1v) is 9.91. The maximum Gasteiger partial charge on any atom is 0.337 e. The summed E-state index contributed by atoms with van der Waals surface area (Å²) in [5.41, 5.74) is 3.07. The van der Waals surface area contributed by atoms with Gasteiger partial charge in [-0.15, -0.1) is 0 Å². The summed E-state index contributed by atoms with van der Waals surface area (Å²) >= 11 is 0. The summed E-state index contributed by atoms with van der Waals surface area (Å²) in [6.07, 6.45) is 3.07. The lowest BCUT2D eigenvalue weighted by molar-refractivity contribution is -0.139. The van der Waals surface area contributed by atoms with Gasteiger partial charge < -0.3 is 29.2 Å². The number of phenols is 1. The Morgan fingerprint density at radius 1 is 1.30 bits per heavy atom. The molecular weight excluding hydrogens is 388 g/mol. The Kier molecular flexibility index (Phi) is 12.9. The van der Waals surface area contributed by atoms with Gasteiger partial charge in [-0.2, -0.15) is 0 Å². The Labute approximate surface area is 179 Å². The van der Waals surface area contributed by atoms with Crippen molar-refractivity contribution in [3.05, 3.63) is 46.7 Å². The molecule has 30 heavy (non-hydrogen) atoms. The third-order valence-corrected chi connectivity index (χ3v) is 4.22. The fourth-order valence-electron chi connectivity index (χ4n) is 3.06. The smallest absolute Gasteiger partial charge is 0.337 e. The first-order valence-electron chi connectivity index (χ1n) is 9.91. The number of benzene rings is 1. The van der Waals surface area contributed by atoms with E-state index < -0.39 is 12.3 Å². The Hall–Kier alpha value is -2.80. The molecule has 7 heteroatoms. The van der Waals surface area contributed by atoms with Gasteiger partial charge in [0.05, 0.1) is 25.6 Å². The van der Waals surface area contributed by atoms with Crippen LogP contribution in [-0.4, -0.2) is 43.0 Å². The number of aliphatic hydroxyl groups is 1. The third-order valence-electron chi connectivity index (χ3n) is 4.22. The number of aryl methyl sites for hydroxylation is 1. The average molecular weight is 423 g/mol. The molecule has 0 aromatic heterocycles. The second kappa shape index (κ2) is 14.2. The molecule has 0 radical (unpaired) electrons. The lowest BCUT2D eigenvalue weighted by Crippen LogP contribution is -2.15. The summed E-state index contributed by atoms with van der Waals surface area (Å²) in [4.78, 5) is 20.4. The number of aliphatic hydroxyl groups excluding tert-OH is 1. The number of methoxy groups -OCH3 is 1. The molecule has 1 aromatic carbocycles. The largest absolute Gasteiger partial charge is 0.504 e. The molecule has 0 spiro atoms. The number of ether oxygens (including phenoxy) is 3. The van der Waals surface area contributed by atoms with E-state index in [9.17, 15) is 15.0 Å². The summed E-state index contributed by atoms with van der Waals surface area (Å²) in [6.45, 7) is 11.7. The fourth-order valence-corrected chi connectivity index (χ4v) is 3.06. The minimum atomic E-state index is -1.14. The Bertz CT molecular complexity index is 733. The van der Waals surface area contributed by atoms with Crippen LogP contribution in [0.5, 0.6) is 11.5 Å². The van der Waals surface area contributed by atoms with Crippen LogP contribution >= 0.6 is 0 Å². The van der Waals surface area contributed by atoms with Crippen LogP contribution in [0.25, 0.3) is 0 Å². The molecule has 0 bridgehead atoms. The molecule has 2 atom stereocenters. The SMILES string of the molecule is C=O.CC.CCOC(=O)/C(=C/OC(O)C=C(C)C)C1CCc2cc(O)c(OC)cc21. The van der Waals surface area contributed by atoms with Crippen LogP contribution in [0.15, 0.2) is 35.6 Å². The molecular formula is C23H34O7. The van der Waals surface area contributed by atoms with E-state index in [4.69, 9.17) is 19.0 Å². The van der Waals surface area contributed by atoms with Gasteiger partial charge in [0.2, 0.25) is 6.29 Å². The van der Waals surface area contributed by atoms with Gasteiger partial charge in [-0.05, 0) is 62.9 Å². The molecule has 0 aliphatic heterocycles. The molecule has 0 saturated heterocycles. The van der Waals surface area contributed by atoms with Crippen molar-refractivity contribution in [1.29, 1.82) is 0 Å². The van der Waals surface area contributed by atoms with Crippen molar-refractivity contribution in [2.24, 2.45) is 0 Å². The lowest BCUT2D eigenvalue weighted by atomic mass is 9.93. The first kappa shape index (κ1) is 27.2. The Morgan fingerprint density at radius 3 is 2.47 bits per heavy atom. The van der Waals surface area contributed by atoms with Crippen molar-refractivity contribution in [1.82, 2.24) is 0 Å². The number of phenolic OH excluding ortho intramolecular Hbond substituents is 1. The van der Waals surface area contributed by atoms with Crippen LogP contribution in [0.4, 0.5) is 0 Å². The Morgan fingerprint density at radius 2 is 1.93 bits per heavy atom. The maximum absolute atomic E-state index is 12.4. The average Bonchev–Trinajstić information content (AvgIpc) is 3.12. The van der Waals surface area contributed by atoms with Gasteiger partial charge in [-0.1, -0.05) is 19.4 Å². The Balaban J connectivity index is 0.00000198. The second-order valence-electron chi connectivity index (χ2n) is 6.38. The molecule has 7 nitrogen and oxygen atoms in total. The van der Waals surface area contributed by atoms with Gasteiger partial charge in [0.1, 0.15) is 6.79 Å². The van der Waals surface area contributed by atoms with Gasteiger partial charge in [0.15, 0.2) is 11.5 Å². The molecule has 1 aliphatic rings. The number of allylic oxidation sites excluding steroid dienone is 1. The van der Waals surface area contributed by atoms with Crippen molar-refractivity contribution in [2.75, 3.05) is 13.7 Å². The molecule has 2 unspecified atom stereocenters. The van der Waals surface area contributed by atoms with Gasteiger partial charge >= 0.3 is 5.97 Å². The fraction of sp³-hybridized carbons (Fsp3) is 0.478. The van der Waals surface area contributed by atoms with Gasteiger partial charge in [0.25, 0.3) is 0 Å². The first-order chi connectivity index (χ1) is 14.4. The summed E-state index contributed by atoms with van der Waals surface area (Å²) in [5, 5.41) is 19.8. The zero-order chi connectivity index (χ0) is 23.3. The number of rotatable bonds is 7. The van der Waals surface area contributed by atoms with E-state index in [0.717, 1.165) is 16.7 Å².